The Morgan fingerprint density at radius 2 is 1.94 bits per heavy atom. The Labute approximate surface area is 117 Å². The van der Waals surface area contributed by atoms with Gasteiger partial charge >= 0.3 is 5.97 Å². The van der Waals surface area contributed by atoms with Crippen LogP contribution in [-0.4, -0.2) is 36.6 Å². The minimum absolute atomic E-state index is 0.0831. The quantitative estimate of drug-likeness (QED) is 0.798. The Kier molecular flexibility index (Phi) is 5.35. The Morgan fingerprint density at radius 1 is 1.33 bits per heavy atom. The Bertz CT molecular complexity index is 413. The highest BCUT2D eigenvalue weighted by atomic mass is 79.9. The fourth-order valence-electron chi connectivity index (χ4n) is 1.32. The number of halogens is 1. The van der Waals surface area contributed by atoms with Crippen LogP contribution in [0.15, 0.2) is 28.7 Å². The summed E-state index contributed by atoms with van der Waals surface area (Å²) in [5, 5.41) is 0. The van der Waals surface area contributed by atoms with Crippen molar-refractivity contribution in [1.82, 2.24) is 4.90 Å². The summed E-state index contributed by atoms with van der Waals surface area (Å²) in [6, 6.07) is 7.27. The molecular formula is C14H20BrNO2. The van der Waals surface area contributed by atoms with Crippen LogP contribution in [0.3, 0.4) is 0 Å². The molecule has 0 N–H and O–H groups in total. The van der Waals surface area contributed by atoms with Gasteiger partial charge in [-0.05, 0) is 55.9 Å². The van der Waals surface area contributed by atoms with Gasteiger partial charge in [-0.2, -0.15) is 0 Å². The second-order valence-corrected chi connectivity index (χ2v) is 6.06. The third-order valence-electron chi connectivity index (χ3n) is 2.90. The molecule has 0 aliphatic heterocycles. The smallest absolute Gasteiger partial charge is 0.339 e. The number of carbonyl (C=O) groups excluding carboxylic acids is 1. The van der Waals surface area contributed by atoms with Crippen LogP contribution in [0.5, 0.6) is 0 Å². The topological polar surface area (TPSA) is 29.5 Å². The summed E-state index contributed by atoms with van der Waals surface area (Å²) in [5.74, 6) is -0.287. The molecule has 0 bridgehead atoms. The lowest BCUT2D eigenvalue weighted by Gasteiger charge is -2.31. The molecule has 0 radical (unpaired) electrons. The summed E-state index contributed by atoms with van der Waals surface area (Å²) in [7, 11) is 2.02. The summed E-state index contributed by atoms with van der Waals surface area (Å²) in [4.78, 5) is 14.0. The first kappa shape index (κ1) is 15.2. The van der Waals surface area contributed by atoms with Gasteiger partial charge in [0.2, 0.25) is 0 Å². The molecule has 1 rings (SSSR count). The molecule has 0 aromatic heterocycles. The summed E-state index contributed by atoms with van der Waals surface area (Å²) >= 11 is 3.34. The van der Waals surface area contributed by atoms with E-state index in [9.17, 15) is 4.79 Å². The lowest BCUT2D eigenvalue weighted by atomic mass is 10.1. The van der Waals surface area contributed by atoms with Gasteiger partial charge in [0.05, 0.1) is 5.56 Å². The number of ether oxygens (including phenoxy) is 1. The molecule has 0 heterocycles. The summed E-state index contributed by atoms with van der Waals surface area (Å²) in [6.07, 6.45) is 0. The molecule has 18 heavy (non-hydrogen) atoms. The van der Waals surface area contributed by atoms with Crippen LogP contribution >= 0.6 is 15.9 Å². The molecule has 0 atom stereocenters. The van der Waals surface area contributed by atoms with E-state index in [1.54, 1.807) is 6.07 Å². The summed E-state index contributed by atoms with van der Waals surface area (Å²) in [6.45, 7) is 7.50. The van der Waals surface area contributed by atoms with E-state index in [4.69, 9.17) is 4.74 Å². The molecule has 0 amide bonds. The van der Waals surface area contributed by atoms with Crippen molar-refractivity contribution in [3.63, 3.8) is 0 Å². The van der Waals surface area contributed by atoms with Crippen LogP contribution in [0, 0.1) is 0 Å². The molecule has 0 spiro atoms. The van der Waals surface area contributed by atoms with Gasteiger partial charge in [0.1, 0.15) is 6.61 Å². The first-order valence-electron chi connectivity index (χ1n) is 5.95. The molecule has 4 heteroatoms. The zero-order valence-corrected chi connectivity index (χ0v) is 13.0. The van der Waals surface area contributed by atoms with E-state index in [1.165, 1.54) is 0 Å². The van der Waals surface area contributed by atoms with Gasteiger partial charge in [-0.15, -0.1) is 0 Å². The second kappa shape index (κ2) is 6.34. The third-order valence-corrected chi connectivity index (χ3v) is 3.59. The van der Waals surface area contributed by atoms with Crippen LogP contribution in [0.2, 0.25) is 0 Å². The predicted molar refractivity (Wildman–Crippen MR) is 76.8 cm³/mol. The summed E-state index contributed by atoms with van der Waals surface area (Å²) < 4.78 is 6.03. The lowest BCUT2D eigenvalue weighted by Crippen LogP contribution is -2.40. The van der Waals surface area contributed by atoms with Crippen LogP contribution in [0.1, 0.15) is 31.1 Å². The number of benzene rings is 1. The van der Waals surface area contributed by atoms with Crippen molar-refractivity contribution < 1.29 is 9.53 Å². The SMILES string of the molecule is CN(CCOC(=O)c1ccccc1Br)C(C)(C)C. The van der Waals surface area contributed by atoms with Crippen LogP contribution in [0.25, 0.3) is 0 Å². The number of hydrogen-bond acceptors (Lipinski definition) is 3. The van der Waals surface area contributed by atoms with Gasteiger partial charge in [0.15, 0.2) is 0 Å². The Hall–Kier alpha value is -0.870. The second-order valence-electron chi connectivity index (χ2n) is 5.21. The van der Waals surface area contributed by atoms with E-state index < -0.39 is 0 Å². The first-order valence-corrected chi connectivity index (χ1v) is 6.74. The minimum Gasteiger partial charge on any atom is -0.461 e. The van der Waals surface area contributed by atoms with Crippen molar-refractivity contribution >= 4 is 21.9 Å². The van der Waals surface area contributed by atoms with Crippen LogP contribution in [-0.2, 0) is 4.74 Å². The maximum absolute atomic E-state index is 11.8. The fourth-order valence-corrected chi connectivity index (χ4v) is 1.76. The van der Waals surface area contributed by atoms with E-state index in [2.05, 4.69) is 41.6 Å². The normalized spacial score (nSPS) is 11.7. The maximum atomic E-state index is 11.8. The van der Waals surface area contributed by atoms with Crippen molar-refractivity contribution in [2.75, 3.05) is 20.2 Å². The van der Waals surface area contributed by atoms with Gasteiger partial charge in [0.25, 0.3) is 0 Å². The highest BCUT2D eigenvalue weighted by Gasteiger charge is 2.17. The average Bonchev–Trinajstić information content (AvgIpc) is 2.28. The molecular weight excluding hydrogens is 294 g/mol. The molecule has 100 valence electrons. The van der Waals surface area contributed by atoms with Crippen molar-refractivity contribution in [3.05, 3.63) is 34.3 Å². The largest absolute Gasteiger partial charge is 0.461 e. The molecule has 0 unspecified atom stereocenters. The van der Waals surface area contributed by atoms with Crippen molar-refractivity contribution in [3.8, 4) is 0 Å². The highest BCUT2D eigenvalue weighted by molar-refractivity contribution is 9.10. The number of hydrogen-bond donors (Lipinski definition) is 0. The third kappa shape index (κ3) is 4.42. The Balaban J connectivity index is 2.46. The molecule has 0 saturated heterocycles. The first-order chi connectivity index (χ1) is 8.32. The van der Waals surface area contributed by atoms with E-state index in [0.29, 0.717) is 12.2 Å². The fraction of sp³-hybridized carbons (Fsp3) is 0.500. The van der Waals surface area contributed by atoms with Gasteiger partial charge in [-0.3, -0.25) is 4.90 Å². The monoisotopic (exact) mass is 313 g/mol. The van der Waals surface area contributed by atoms with Crippen molar-refractivity contribution in [2.45, 2.75) is 26.3 Å². The van der Waals surface area contributed by atoms with Crippen molar-refractivity contribution in [1.29, 1.82) is 0 Å². The van der Waals surface area contributed by atoms with Gasteiger partial charge in [0, 0.05) is 16.6 Å². The molecule has 3 nitrogen and oxygen atoms in total. The standard InChI is InChI=1S/C14H20BrNO2/c1-14(2,3)16(4)9-10-18-13(17)11-7-5-6-8-12(11)15/h5-8H,9-10H2,1-4H3. The van der Waals surface area contributed by atoms with E-state index in [-0.39, 0.29) is 11.5 Å². The number of rotatable bonds is 4. The number of nitrogens with zero attached hydrogens (tertiary/aromatic N) is 1. The molecule has 0 saturated carbocycles. The molecule has 1 aromatic rings. The maximum Gasteiger partial charge on any atom is 0.339 e. The zero-order chi connectivity index (χ0) is 13.8. The highest BCUT2D eigenvalue weighted by Crippen LogP contribution is 2.17. The lowest BCUT2D eigenvalue weighted by molar-refractivity contribution is 0.0422. The molecule has 0 aliphatic carbocycles. The van der Waals surface area contributed by atoms with Crippen molar-refractivity contribution in [2.24, 2.45) is 0 Å². The molecule has 0 fully saturated rings. The van der Waals surface area contributed by atoms with Gasteiger partial charge in [-0.1, -0.05) is 12.1 Å². The van der Waals surface area contributed by atoms with E-state index in [0.717, 1.165) is 11.0 Å². The predicted octanol–water partition coefficient (Wildman–Crippen LogP) is 3.34. The van der Waals surface area contributed by atoms with Gasteiger partial charge < -0.3 is 4.74 Å². The van der Waals surface area contributed by atoms with Crippen LogP contribution < -0.4 is 0 Å². The Morgan fingerprint density at radius 3 is 2.50 bits per heavy atom. The van der Waals surface area contributed by atoms with Gasteiger partial charge in [-0.25, -0.2) is 4.79 Å². The zero-order valence-electron chi connectivity index (χ0n) is 11.4. The minimum atomic E-state index is -0.287. The number of carbonyl (C=O) groups is 1. The van der Waals surface area contributed by atoms with E-state index >= 15 is 0 Å². The average molecular weight is 314 g/mol. The van der Waals surface area contributed by atoms with Crippen LogP contribution in [0.4, 0.5) is 0 Å². The molecule has 0 aliphatic rings. The number of esters is 1. The van der Waals surface area contributed by atoms with E-state index in [1.807, 2.05) is 25.2 Å². The number of likely N-dealkylation sites (N-methyl/N-ethyl adjacent to an activating group) is 1. The summed E-state index contributed by atoms with van der Waals surface area (Å²) in [5.41, 5.74) is 0.649. The molecule has 1 aromatic carbocycles.